The van der Waals surface area contributed by atoms with Crippen LogP contribution >= 0.6 is 0 Å². The van der Waals surface area contributed by atoms with Gasteiger partial charge in [-0.25, -0.2) is 9.48 Å². The van der Waals surface area contributed by atoms with Crippen molar-refractivity contribution in [2.45, 2.75) is 37.8 Å². The third-order valence-electron chi connectivity index (χ3n) is 4.87. The van der Waals surface area contributed by atoms with Crippen molar-refractivity contribution < 1.29 is 4.79 Å². The number of hydrogen-bond acceptors (Lipinski definition) is 3. The highest BCUT2D eigenvalue weighted by Gasteiger charge is 2.26. The van der Waals surface area contributed by atoms with Gasteiger partial charge < -0.3 is 15.5 Å². The molecule has 2 unspecified atom stereocenters. The van der Waals surface area contributed by atoms with Gasteiger partial charge in [0, 0.05) is 31.0 Å². The molecule has 1 aromatic heterocycles. The second-order valence-electron chi connectivity index (χ2n) is 6.89. The lowest BCUT2D eigenvalue weighted by Crippen LogP contribution is -2.42. The van der Waals surface area contributed by atoms with Crippen molar-refractivity contribution in [1.82, 2.24) is 25.3 Å². The first-order valence-corrected chi connectivity index (χ1v) is 8.91. The molecule has 2 aromatic rings. The minimum atomic E-state index is -0.0578. The summed E-state index contributed by atoms with van der Waals surface area (Å²) in [4.78, 5) is 14.3. The van der Waals surface area contributed by atoms with E-state index >= 15 is 0 Å². The monoisotopic (exact) mass is 341 g/mol. The molecule has 1 aliphatic carbocycles. The van der Waals surface area contributed by atoms with Crippen LogP contribution in [0.15, 0.2) is 42.7 Å². The third-order valence-corrected chi connectivity index (χ3v) is 4.87. The normalized spacial score (nSPS) is 20.0. The van der Waals surface area contributed by atoms with Crippen LogP contribution < -0.4 is 10.6 Å². The first kappa shape index (κ1) is 17.5. The van der Waals surface area contributed by atoms with Crippen molar-refractivity contribution in [1.29, 1.82) is 0 Å². The molecule has 6 nitrogen and oxygen atoms in total. The van der Waals surface area contributed by atoms with Gasteiger partial charge in [0.15, 0.2) is 0 Å². The van der Waals surface area contributed by atoms with Crippen LogP contribution in [0.3, 0.4) is 0 Å². The molecular weight excluding hydrogens is 314 g/mol. The summed E-state index contributed by atoms with van der Waals surface area (Å²) in [5.41, 5.74) is 2.24. The number of nitrogens with one attached hydrogen (secondary N) is 2. The van der Waals surface area contributed by atoms with Crippen LogP contribution in [0.1, 0.15) is 24.8 Å². The fourth-order valence-electron chi connectivity index (χ4n) is 3.35. The van der Waals surface area contributed by atoms with Crippen molar-refractivity contribution in [2.24, 2.45) is 0 Å². The van der Waals surface area contributed by atoms with Gasteiger partial charge in [0.2, 0.25) is 0 Å². The number of aromatic nitrogens is 2. The van der Waals surface area contributed by atoms with Crippen molar-refractivity contribution in [3.8, 4) is 5.69 Å². The first-order valence-electron chi connectivity index (χ1n) is 8.91. The Morgan fingerprint density at radius 2 is 2.08 bits per heavy atom. The van der Waals surface area contributed by atoms with Gasteiger partial charge in [-0.2, -0.15) is 5.10 Å². The Hall–Kier alpha value is -2.34. The van der Waals surface area contributed by atoms with Gasteiger partial charge in [0.25, 0.3) is 0 Å². The Kier molecular flexibility index (Phi) is 5.71. The Morgan fingerprint density at radius 3 is 2.72 bits per heavy atom. The fraction of sp³-hybridized carbons (Fsp3) is 0.474. The average molecular weight is 341 g/mol. The number of carbonyl (C=O) groups is 1. The standard InChI is InChI=1S/C19H27N5O/c1-23(2)18-9-6-16(14-18)22-19(25)20-12-10-15-4-7-17(8-5-15)24-13-3-11-21-24/h3-5,7-8,11,13,16,18H,6,9-10,12,14H2,1-2H3,(H2,20,22,25). The summed E-state index contributed by atoms with van der Waals surface area (Å²) in [5.74, 6) is 0. The Balaban J connectivity index is 1.38. The zero-order valence-corrected chi connectivity index (χ0v) is 15.0. The minimum absolute atomic E-state index is 0.0578. The summed E-state index contributed by atoms with van der Waals surface area (Å²) in [6.45, 7) is 0.636. The maximum atomic E-state index is 12.0. The summed E-state index contributed by atoms with van der Waals surface area (Å²) in [5, 5.41) is 10.3. The Labute approximate surface area is 149 Å². The van der Waals surface area contributed by atoms with E-state index in [4.69, 9.17) is 0 Å². The van der Waals surface area contributed by atoms with E-state index in [1.165, 1.54) is 5.56 Å². The van der Waals surface area contributed by atoms with Crippen LogP contribution in [0.25, 0.3) is 5.69 Å². The molecule has 0 radical (unpaired) electrons. The molecule has 0 aliphatic heterocycles. The smallest absolute Gasteiger partial charge is 0.315 e. The lowest BCUT2D eigenvalue weighted by molar-refractivity contribution is 0.235. The zero-order valence-electron chi connectivity index (χ0n) is 15.0. The van der Waals surface area contributed by atoms with Crippen molar-refractivity contribution in [2.75, 3.05) is 20.6 Å². The van der Waals surface area contributed by atoms with E-state index in [-0.39, 0.29) is 6.03 Å². The largest absolute Gasteiger partial charge is 0.338 e. The maximum Gasteiger partial charge on any atom is 0.315 e. The molecule has 1 fully saturated rings. The second-order valence-corrected chi connectivity index (χ2v) is 6.89. The number of carbonyl (C=O) groups excluding carboxylic acids is 1. The highest BCUT2D eigenvalue weighted by atomic mass is 16.2. The van der Waals surface area contributed by atoms with Crippen molar-refractivity contribution in [3.05, 3.63) is 48.3 Å². The van der Waals surface area contributed by atoms with Crippen LogP contribution in [-0.2, 0) is 6.42 Å². The molecule has 3 rings (SSSR count). The van der Waals surface area contributed by atoms with Gasteiger partial charge in [0.1, 0.15) is 0 Å². The van der Waals surface area contributed by atoms with Gasteiger partial charge in [-0.15, -0.1) is 0 Å². The van der Waals surface area contributed by atoms with E-state index in [1.807, 2.05) is 29.1 Å². The van der Waals surface area contributed by atoms with Crippen molar-refractivity contribution >= 4 is 6.03 Å². The number of hydrogen-bond donors (Lipinski definition) is 2. The predicted molar refractivity (Wildman–Crippen MR) is 98.9 cm³/mol. The maximum absolute atomic E-state index is 12.0. The fourth-order valence-corrected chi connectivity index (χ4v) is 3.35. The average Bonchev–Trinajstić information content (AvgIpc) is 3.27. The van der Waals surface area contributed by atoms with Gasteiger partial charge in [-0.05, 0) is 63.5 Å². The first-order chi connectivity index (χ1) is 12.1. The Bertz CT molecular complexity index is 666. The zero-order chi connectivity index (χ0) is 17.6. The molecule has 2 amide bonds. The Morgan fingerprint density at radius 1 is 1.28 bits per heavy atom. The molecule has 2 N–H and O–H groups in total. The molecule has 25 heavy (non-hydrogen) atoms. The number of amides is 2. The summed E-state index contributed by atoms with van der Waals surface area (Å²) in [6.07, 6.45) is 7.76. The van der Waals surface area contributed by atoms with Gasteiger partial charge in [-0.3, -0.25) is 0 Å². The van der Waals surface area contributed by atoms with Crippen molar-refractivity contribution in [3.63, 3.8) is 0 Å². The molecular formula is C19H27N5O. The molecule has 0 bridgehead atoms. The van der Waals surface area contributed by atoms with E-state index < -0.39 is 0 Å². The van der Waals surface area contributed by atoms with Crippen LogP contribution in [0.5, 0.6) is 0 Å². The molecule has 1 aromatic carbocycles. The molecule has 1 heterocycles. The quantitative estimate of drug-likeness (QED) is 0.847. The SMILES string of the molecule is CN(C)C1CCC(NC(=O)NCCc2ccc(-n3cccn3)cc2)C1. The highest BCUT2D eigenvalue weighted by molar-refractivity contribution is 5.74. The minimum Gasteiger partial charge on any atom is -0.338 e. The van der Waals surface area contributed by atoms with Gasteiger partial charge >= 0.3 is 6.03 Å². The third kappa shape index (κ3) is 4.82. The van der Waals surface area contributed by atoms with Crippen LogP contribution in [-0.4, -0.2) is 53.4 Å². The van der Waals surface area contributed by atoms with E-state index in [2.05, 4.69) is 46.9 Å². The number of benzene rings is 1. The molecule has 0 spiro atoms. The second kappa shape index (κ2) is 8.16. The molecule has 1 saturated carbocycles. The predicted octanol–water partition coefficient (Wildman–Crippen LogP) is 2.20. The van der Waals surface area contributed by atoms with Crippen LogP contribution in [0, 0.1) is 0 Å². The number of rotatable bonds is 6. The summed E-state index contributed by atoms with van der Waals surface area (Å²) in [7, 11) is 4.20. The molecule has 6 heteroatoms. The van der Waals surface area contributed by atoms with Crippen LogP contribution in [0.4, 0.5) is 4.79 Å². The number of urea groups is 1. The highest BCUT2D eigenvalue weighted by Crippen LogP contribution is 2.22. The topological polar surface area (TPSA) is 62.2 Å². The molecule has 134 valence electrons. The molecule has 2 atom stereocenters. The van der Waals surface area contributed by atoms with E-state index in [9.17, 15) is 4.79 Å². The van der Waals surface area contributed by atoms with Crippen LogP contribution in [0.2, 0.25) is 0 Å². The summed E-state index contributed by atoms with van der Waals surface area (Å²) in [6, 6.07) is 11.0. The summed E-state index contributed by atoms with van der Waals surface area (Å²) < 4.78 is 1.83. The van der Waals surface area contributed by atoms with Gasteiger partial charge in [0.05, 0.1) is 5.69 Å². The van der Waals surface area contributed by atoms with E-state index in [1.54, 1.807) is 6.20 Å². The lowest BCUT2D eigenvalue weighted by atomic mass is 10.1. The molecule has 0 saturated heterocycles. The van der Waals surface area contributed by atoms with E-state index in [0.717, 1.165) is 31.4 Å². The van der Waals surface area contributed by atoms with Gasteiger partial charge in [-0.1, -0.05) is 12.1 Å². The summed E-state index contributed by atoms with van der Waals surface area (Å²) >= 11 is 0. The lowest BCUT2D eigenvalue weighted by Gasteiger charge is -2.19. The number of nitrogens with zero attached hydrogens (tertiary/aromatic N) is 3. The van der Waals surface area contributed by atoms with E-state index in [0.29, 0.717) is 18.6 Å². The molecule has 1 aliphatic rings.